The van der Waals surface area contributed by atoms with E-state index in [1.165, 1.54) is 75.8 Å². The maximum absolute atomic E-state index is 2.47. The normalized spacial score (nSPS) is 12.7. The Morgan fingerprint density at radius 2 is 0.947 bits per heavy atom. The van der Waals surface area contributed by atoms with Gasteiger partial charge in [-0.1, -0.05) is 182 Å². The highest BCUT2D eigenvalue weighted by Crippen LogP contribution is 2.57. The molecule has 9 aromatic carbocycles. The second-order valence-corrected chi connectivity index (χ2v) is 15.9. The number of hydrogen-bond donors (Lipinski definition) is 0. The molecule has 1 aliphatic carbocycles. The van der Waals surface area contributed by atoms with Gasteiger partial charge in [-0.15, -0.1) is 11.3 Å². The summed E-state index contributed by atoms with van der Waals surface area (Å²) in [6.07, 6.45) is 0. The molecule has 10 aromatic rings. The predicted octanol–water partition coefficient (Wildman–Crippen LogP) is 15.2. The molecule has 0 spiro atoms. The van der Waals surface area contributed by atoms with Crippen LogP contribution < -0.4 is 4.90 Å². The molecule has 1 nitrogen and oxygen atoms in total. The van der Waals surface area contributed by atoms with E-state index in [9.17, 15) is 0 Å². The average molecular weight is 744 g/mol. The quantitative estimate of drug-likeness (QED) is 0.157. The first-order valence-electron chi connectivity index (χ1n) is 19.6. The minimum atomic E-state index is -0.506. The van der Waals surface area contributed by atoms with Crippen LogP contribution in [0.5, 0.6) is 0 Å². The maximum Gasteiger partial charge on any atom is 0.0714 e. The lowest BCUT2D eigenvalue weighted by Gasteiger charge is -2.35. The lowest BCUT2D eigenvalue weighted by atomic mass is 9.67. The molecular formula is C55H37NS. The summed E-state index contributed by atoms with van der Waals surface area (Å²) in [5.41, 5.74) is 15.3. The summed E-state index contributed by atoms with van der Waals surface area (Å²) < 4.78 is 2.60. The SMILES string of the molecule is c1ccc(-c2cccc(N(c3ccccc3)c3ccc4c(c3)C(c3ccccc3)(c3ccccc3)c3ccccc3-4)c2-c2ccc3c(c2)sc2ccccc23)cc1. The molecule has 0 saturated carbocycles. The second kappa shape index (κ2) is 13.6. The van der Waals surface area contributed by atoms with Crippen molar-refractivity contribution >= 4 is 48.6 Å². The third-order valence-electron chi connectivity index (χ3n) is 11.8. The monoisotopic (exact) mass is 743 g/mol. The van der Waals surface area contributed by atoms with E-state index in [-0.39, 0.29) is 0 Å². The van der Waals surface area contributed by atoms with Gasteiger partial charge < -0.3 is 4.90 Å². The van der Waals surface area contributed by atoms with E-state index < -0.39 is 5.41 Å². The predicted molar refractivity (Wildman–Crippen MR) is 242 cm³/mol. The molecule has 0 aliphatic heterocycles. The van der Waals surface area contributed by atoms with Gasteiger partial charge in [0, 0.05) is 37.1 Å². The van der Waals surface area contributed by atoms with Gasteiger partial charge in [0.05, 0.1) is 11.1 Å². The van der Waals surface area contributed by atoms with Gasteiger partial charge in [0.2, 0.25) is 0 Å². The Kier molecular flexibility index (Phi) is 7.98. The third kappa shape index (κ3) is 5.29. The molecule has 0 fully saturated rings. The maximum atomic E-state index is 2.47. The summed E-state index contributed by atoms with van der Waals surface area (Å²) in [5.74, 6) is 0. The van der Waals surface area contributed by atoms with Gasteiger partial charge in [-0.05, 0) is 92.5 Å². The van der Waals surface area contributed by atoms with Crippen molar-refractivity contribution in [1.29, 1.82) is 0 Å². The molecule has 0 bridgehead atoms. The molecule has 1 heterocycles. The highest BCUT2D eigenvalue weighted by Gasteiger charge is 2.46. The number of para-hydroxylation sites is 1. The topological polar surface area (TPSA) is 3.24 Å². The number of hydrogen-bond acceptors (Lipinski definition) is 2. The number of nitrogens with zero attached hydrogens (tertiary/aromatic N) is 1. The molecule has 0 N–H and O–H groups in total. The highest BCUT2D eigenvalue weighted by molar-refractivity contribution is 7.25. The molecule has 57 heavy (non-hydrogen) atoms. The highest BCUT2D eigenvalue weighted by atomic mass is 32.1. The van der Waals surface area contributed by atoms with Crippen LogP contribution in [0.1, 0.15) is 22.3 Å². The van der Waals surface area contributed by atoms with Gasteiger partial charge in [-0.2, -0.15) is 0 Å². The van der Waals surface area contributed by atoms with Crippen molar-refractivity contribution in [2.75, 3.05) is 4.90 Å². The van der Waals surface area contributed by atoms with Crippen LogP contribution in [-0.4, -0.2) is 0 Å². The Labute approximate surface area is 337 Å². The molecule has 1 aliphatic rings. The van der Waals surface area contributed by atoms with Crippen LogP contribution in [0.3, 0.4) is 0 Å². The van der Waals surface area contributed by atoms with E-state index in [4.69, 9.17) is 0 Å². The Morgan fingerprint density at radius 1 is 0.351 bits per heavy atom. The third-order valence-corrected chi connectivity index (χ3v) is 12.9. The number of anilines is 3. The first kappa shape index (κ1) is 33.3. The second-order valence-electron chi connectivity index (χ2n) is 14.8. The van der Waals surface area contributed by atoms with Gasteiger partial charge >= 0.3 is 0 Å². The van der Waals surface area contributed by atoms with Crippen molar-refractivity contribution < 1.29 is 0 Å². The molecule has 0 unspecified atom stereocenters. The lowest BCUT2D eigenvalue weighted by Crippen LogP contribution is -2.28. The lowest BCUT2D eigenvalue weighted by molar-refractivity contribution is 0.768. The van der Waals surface area contributed by atoms with Gasteiger partial charge in [0.25, 0.3) is 0 Å². The summed E-state index contributed by atoms with van der Waals surface area (Å²) in [4.78, 5) is 2.47. The van der Waals surface area contributed by atoms with Crippen LogP contribution in [0.4, 0.5) is 17.1 Å². The molecule has 2 heteroatoms. The van der Waals surface area contributed by atoms with Crippen molar-refractivity contribution in [2.24, 2.45) is 0 Å². The first-order chi connectivity index (χ1) is 28.3. The van der Waals surface area contributed by atoms with Crippen LogP contribution in [0, 0.1) is 0 Å². The number of fused-ring (bicyclic) bond motifs is 6. The molecule has 0 radical (unpaired) electrons. The summed E-state index contributed by atoms with van der Waals surface area (Å²) >= 11 is 1.87. The van der Waals surface area contributed by atoms with Crippen molar-refractivity contribution in [3.63, 3.8) is 0 Å². The van der Waals surface area contributed by atoms with Crippen LogP contribution in [-0.2, 0) is 5.41 Å². The van der Waals surface area contributed by atoms with E-state index in [0.717, 1.165) is 17.1 Å². The fourth-order valence-electron chi connectivity index (χ4n) is 9.35. The summed E-state index contributed by atoms with van der Waals surface area (Å²) in [5, 5.41) is 2.61. The zero-order valence-corrected chi connectivity index (χ0v) is 32.0. The Balaban J connectivity index is 1.20. The number of thiophene rings is 1. The zero-order chi connectivity index (χ0) is 37.8. The van der Waals surface area contributed by atoms with Crippen molar-refractivity contribution in [1.82, 2.24) is 0 Å². The summed E-state index contributed by atoms with van der Waals surface area (Å²) in [6, 6.07) is 82.6. The Bertz CT molecular complexity index is 3020. The van der Waals surface area contributed by atoms with E-state index >= 15 is 0 Å². The van der Waals surface area contributed by atoms with Crippen molar-refractivity contribution in [3.8, 4) is 33.4 Å². The largest absolute Gasteiger partial charge is 0.310 e. The van der Waals surface area contributed by atoms with E-state index in [1.807, 2.05) is 11.3 Å². The van der Waals surface area contributed by atoms with Gasteiger partial charge in [0.1, 0.15) is 0 Å². The minimum absolute atomic E-state index is 0.506. The van der Waals surface area contributed by atoms with Crippen LogP contribution in [0.2, 0.25) is 0 Å². The standard InChI is InChI=1S/C55H37NS/c1-5-18-38(19-6-1)44-28-17-30-51(54(44)39-32-34-48-47-27-14-16-31-52(47)57-53(48)36-39)56(42-24-11-4-12-25-42)43-33-35-46-45-26-13-15-29-49(45)55(50(46)37-43,40-20-7-2-8-21-40)41-22-9-3-10-23-41/h1-37H. The molecule has 0 amide bonds. The fraction of sp³-hybridized carbons (Fsp3) is 0.0182. The summed E-state index contributed by atoms with van der Waals surface area (Å²) in [7, 11) is 0. The smallest absolute Gasteiger partial charge is 0.0714 e. The van der Waals surface area contributed by atoms with E-state index in [0.29, 0.717) is 0 Å². The van der Waals surface area contributed by atoms with Crippen LogP contribution >= 0.6 is 11.3 Å². The molecule has 0 atom stereocenters. The summed E-state index contributed by atoms with van der Waals surface area (Å²) in [6.45, 7) is 0. The molecule has 0 saturated heterocycles. The Hall–Kier alpha value is -7.00. The van der Waals surface area contributed by atoms with Gasteiger partial charge in [0.15, 0.2) is 0 Å². The Morgan fingerprint density at radius 3 is 1.70 bits per heavy atom. The molecule has 11 rings (SSSR count). The van der Waals surface area contributed by atoms with Crippen molar-refractivity contribution in [3.05, 3.63) is 247 Å². The number of rotatable bonds is 7. The van der Waals surface area contributed by atoms with Crippen LogP contribution in [0.15, 0.2) is 224 Å². The van der Waals surface area contributed by atoms with E-state index in [1.54, 1.807) is 0 Å². The molecule has 1 aromatic heterocycles. The van der Waals surface area contributed by atoms with E-state index in [2.05, 4.69) is 229 Å². The zero-order valence-electron chi connectivity index (χ0n) is 31.2. The average Bonchev–Trinajstić information content (AvgIpc) is 3.81. The fourth-order valence-corrected chi connectivity index (χ4v) is 10.5. The molecular weight excluding hydrogens is 707 g/mol. The van der Waals surface area contributed by atoms with Crippen molar-refractivity contribution in [2.45, 2.75) is 5.41 Å². The van der Waals surface area contributed by atoms with Crippen LogP contribution in [0.25, 0.3) is 53.6 Å². The number of benzene rings is 9. The van der Waals surface area contributed by atoms with Gasteiger partial charge in [-0.3, -0.25) is 0 Å². The van der Waals surface area contributed by atoms with Gasteiger partial charge in [-0.25, -0.2) is 0 Å². The minimum Gasteiger partial charge on any atom is -0.310 e. The molecule has 268 valence electrons. The first-order valence-corrected chi connectivity index (χ1v) is 20.4.